The number of halogens is 2. The van der Waals surface area contributed by atoms with Crippen molar-refractivity contribution in [1.82, 2.24) is 4.90 Å². The number of benzene rings is 4. The zero-order chi connectivity index (χ0) is 29.9. The summed E-state index contributed by atoms with van der Waals surface area (Å²) in [7, 11) is 0. The van der Waals surface area contributed by atoms with Crippen molar-refractivity contribution in [2.75, 3.05) is 11.9 Å². The average molecular weight is 610 g/mol. The highest BCUT2D eigenvalue weighted by Gasteiger charge is 2.71. The summed E-state index contributed by atoms with van der Waals surface area (Å²) in [6, 6.07) is 25.1. The molecule has 0 unspecified atom stereocenters. The van der Waals surface area contributed by atoms with Crippen LogP contribution in [-0.4, -0.2) is 35.0 Å². The third-order valence-electron chi connectivity index (χ3n) is 8.77. The molecule has 7 rings (SSSR count). The van der Waals surface area contributed by atoms with Gasteiger partial charge in [0.1, 0.15) is 17.2 Å². The molecule has 4 aromatic rings. The fourth-order valence-corrected chi connectivity index (χ4v) is 7.64. The summed E-state index contributed by atoms with van der Waals surface area (Å²) in [5.74, 6) is -1.82. The second-order valence-electron chi connectivity index (χ2n) is 10.9. The van der Waals surface area contributed by atoms with E-state index in [1.54, 1.807) is 36.4 Å². The zero-order valence-corrected chi connectivity index (χ0v) is 24.6. The number of carbonyl (C=O) groups excluding carboxylic acids is 3. The van der Waals surface area contributed by atoms with Crippen molar-refractivity contribution in [3.63, 3.8) is 0 Å². The van der Waals surface area contributed by atoms with Crippen LogP contribution in [0.3, 0.4) is 0 Å². The molecule has 6 nitrogen and oxygen atoms in total. The maximum atomic E-state index is 15.1. The summed E-state index contributed by atoms with van der Waals surface area (Å²) in [5, 5.41) is 3.62. The Morgan fingerprint density at radius 1 is 0.907 bits per heavy atom. The van der Waals surface area contributed by atoms with E-state index in [-0.39, 0.29) is 28.1 Å². The summed E-state index contributed by atoms with van der Waals surface area (Å²) in [6.45, 7) is 2.19. The number of carbonyl (C=O) groups is 3. The minimum absolute atomic E-state index is 0.175. The zero-order valence-electron chi connectivity index (χ0n) is 23.1. The SMILES string of the molecule is CCOc1ccccc1C(=O)[C@H]1[C@@H](C(=O)c2ccc(Cl)cc2Cl)N2C=Cc3ccccc3[C@@H]2[C@]12C(=O)Nc1ccccc12. The Balaban J connectivity index is 1.55. The van der Waals surface area contributed by atoms with Crippen molar-refractivity contribution >= 4 is 52.4 Å². The first-order valence-electron chi connectivity index (χ1n) is 14.1. The fourth-order valence-electron chi connectivity index (χ4n) is 7.14. The smallest absolute Gasteiger partial charge is 0.238 e. The number of hydrogen-bond donors (Lipinski definition) is 1. The molecule has 3 aliphatic rings. The van der Waals surface area contributed by atoms with Crippen LogP contribution in [0.5, 0.6) is 5.75 Å². The molecule has 0 aromatic heterocycles. The average Bonchev–Trinajstić information content (AvgIpc) is 3.49. The number of ether oxygens (including phenoxy) is 1. The molecular formula is C35H26Cl2N2O4. The van der Waals surface area contributed by atoms with Crippen molar-refractivity contribution in [1.29, 1.82) is 0 Å². The third kappa shape index (κ3) is 3.97. The van der Waals surface area contributed by atoms with Crippen molar-refractivity contribution in [3.05, 3.63) is 135 Å². The Morgan fingerprint density at radius 2 is 1.65 bits per heavy atom. The van der Waals surface area contributed by atoms with Crippen LogP contribution in [-0.2, 0) is 10.2 Å². The Bertz CT molecular complexity index is 1850. The van der Waals surface area contributed by atoms with Gasteiger partial charge >= 0.3 is 0 Å². The molecule has 3 aliphatic heterocycles. The largest absolute Gasteiger partial charge is 0.493 e. The van der Waals surface area contributed by atoms with Crippen LogP contribution < -0.4 is 10.1 Å². The number of amides is 1. The Labute approximate surface area is 258 Å². The van der Waals surface area contributed by atoms with Gasteiger partial charge in [0.2, 0.25) is 5.91 Å². The van der Waals surface area contributed by atoms with E-state index in [2.05, 4.69) is 5.32 Å². The van der Waals surface area contributed by atoms with E-state index in [1.807, 2.05) is 72.6 Å². The number of anilines is 1. The van der Waals surface area contributed by atoms with E-state index in [9.17, 15) is 9.59 Å². The highest BCUT2D eigenvalue weighted by molar-refractivity contribution is 6.37. The molecule has 3 heterocycles. The van der Waals surface area contributed by atoms with Crippen LogP contribution in [0, 0.1) is 5.92 Å². The van der Waals surface area contributed by atoms with E-state index in [4.69, 9.17) is 27.9 Å². The summed E-state index contributed by atoms with van der Waals surface area (Å²) in [6.07, 6.45) is 3.75. The molecule has 8 heteroatoms. The van der Waals surface area contributed by atoms with Gasteiger partial charge in [0.25, 0.3) is 0 Å². The molecule has 1 N–H and O–H groups in total. The Morgan fingerprint density at radius 3 is 2.47 bits per heavy atom. The van der Waals surface area contributed by atoms with Crippen LogP contribution >= 0.6 is 23.2 Å². The van der Waals surface area contributed by atoms with Gasteiger partial charge in [0.15, 0.2) is 11.6 Å². The van der Waals surface area contributed by atoms with Gasteiger partial charge < -0.3 is 15.0 Å². The van der Waals surface area contributed by atoms with E-state index in [0.717, 1.165) is 11.1 Å². The number of Topliss-reactive ketones (excluding diaryl/α,β-unsaturated/α-hetero) is 2. The Hall–Kier alpha value is -4.39. The van der Waals surface area contributed by atoms with Crippen LogP contribution in [0.4, 0.5) is 5.69 Å². The molecular weight excluding hydrogens is 583 g/mol. The van der Waals surface area contributed by atoms with E-state index in [0.29, 0.717) is 34.2 Å². The molecule has 0 aliphatic carbocycles. The number of para-hydroxylation sites is 2. The summed E-state index contributed by atoms with van der Waals surface area (Å²) in [5.41, 5.74) is 2.14. The first kappa shape index (κ1) is 27.4. The van der Waals surface area contributed by atoms with Gasteiger partial charge in [-0.1, -0.05) is 77.8 Å². The Kier molecular flexibility index (Phi) is 6.64. The molecule has 0 bridgehead atoms. The maximum Gasteiger partial charge on any atom is 0.238 e. The van der Waals surface area contributed by atoms with Gasteiger partial charge in [0, 0.05) is 22.5 Å². The topological polar surface area (TPSA) is 75.7 Å². The lowest BCUT2D eigenvalue weighted by molar-refractivity contribution is -0.122. The fraction of sp³-hybridized carbons (Fsp3) is 0.171. The summed E-state index contributed by atoms with van der Waals surface area (Å²) >= 11 is 12.8. The van der Waals surface area contributed by atoms with Gasteiger partial charge in [-0.15, -0.1) is 0 Å². The molecule has 43 heavy (non-hydrogen) atoms. The second-order valence-corrected chi connectivity index (χ2v) is 11.7. The van der Waals surface area contributed by atoms with Crippen molar-refractivity contribution in [3.8, 4) is 5.75 Å². The van der Waals surface area contributed by atoms with E-state index in [1.165, 1.54) is 6.07 Å². The molecule has 1 spiro atoms. The molecule has 4 aromatic carbocycles. The lowest BCUT2D eigenvalue weighted by atomic mass is 9.62. The van der Waals surface area contributed by atoms with Crippen LogP contribution in [0.2, 0.25) is 10.0 Å². The van der Waals surface area contributed by atoms with Gasteiger partial charge in [-0.3, -0.25) is 14.4 Å². The normalized spacial score (nSPS) is 23.0. The quantitative estimate of drug-likeness (QED) is 0.231. The number of nitrogens with one attached hydrogen (secondary N) is 1. The lowest BCUT2D eigenvalue weighted by Gasteiger charge is -2.38. The van der Waals surface area contributed by atoms with Gasteiger partial charge in [-0.05, 0) is 66.1 Å². The molecule has 1 amide bonds. The third-order valence-corrected chi connectivity index (χ3v) is 9.32. The van der Waals surface area contributed by atoms with Crippen molar-refractivity contribution in [2.45, 2.75) is 24.4 Å². The highest BCUT2D eigenvalue weighted by atomic mass is 35.5. The van der Waals surface area contributed by atoms with Gasteiger partial charge in [-0.25, -0.2) is 0 Å². The van der Waals surface area contributed by atoms with Crippen LogP contribution in [0.25, 0.3) is 6.08 Å². The summed E-state index contributed by atoms with van der Waals surface area (Å²) in [4.78, 5) is 46.3. The van der Waals surface area contributed by atoms with Crippen LogP contribution in [0.1, 0.15) is 50.4 Å². The number of hydrogen-bond acceptors (Lipinski definition) is 5. The molecule has 1 saturated heterocycles. The second kappa shape index (κ2) is 10.4. The maximum absolute atomic E-state index is 15.1. The van der Waals surface area contributed by atoms with Gasteiger partial charge in [0.05, 0.1) is 29.2 Å². The first-order chi connectivity index (χ1) is 20.9. The minimum Gasteiger partial charge on any atom is -0.493 e. The van der Waals surface area contributed by atoms with Crippen molar-refractivity contribution < 1.29 is 19.1 Å². The van der Waals surface area contributed by atoms with Crippen molar-refractivity contribution in [2.24, 2.45) is 5.92 Å². The minimum atomic E-state index is -1.45. The molecule has 0 saturated carbocycles. The highest BCUT2D eigenvalue weighted by Crippen LogP contribution is 2.62. The number of rotatable bonds is 6. The van der Waals surface area contributed by atoms with Crippen LogP contribution in [0.15, 0.2) is 97.2 Å². The number of fused-ring (bicyclic) bond motifs is 6. The first-order valence-corrected chi connectivity index (χ1v) is 14.8. The monoisotopic (exact) mass is 608 g/mol. The van der Waals surface area contributed by atoms with E-state index >= 15 is 4.79 Å². The number of nitrogens with zero attached hydrogens (tertiary/aromatic N) is 1. The van der Waals surface area contributed by atoms with E-state index < -0.39 is 23.4 Å². The lowest BCUT2D eigenvalue weighted by Crippen LogP contribution is -2.49. The number of ketones is 2. The molecule has 4 atom stereocenters. The molecule has 0 radical (unpaired) electrons. The predicted molar refractivity (Wildman–Crippen MR) is 167 cm³/mol. The standard InChI is InChI=1S/C35H26Cl2N2O4/c1-2-43-28-14-8-5-11-24(28)31(40)29-30(32(41)23-16-15-21(36)19-26(23)37)39-18-17-20-9-3-4-10-22(20)33(39)35(29)25-12-6-7-13-27(25)38-34(35)42/h3-19,29-30,33H,2H2,1H3,(H,38,42)/t29-,30+,33-,35-/m1/s1. The molecule has 214 valence electrons. The predicted octanol–water partition coefficient (Wildman–Crippen LogP) is 7.37. The molecule has 1 fully saturated rings. The van der Waals surface area contributed by atoms with Gasteiger partial charge in [-0.2, -0.15) is 0 Å². The summed E-state index contributed by atoms with van der Waals surface area (Å²) < 4.78 is 5.88.